The van der Waals surface area contributed by atoms with E-state index in [9.17, 15) is 4.79 Å². The molecule has 0 bridgehead atoms. The molecule has 0 aliphatic carbocycles. The minimum Gasteiger partial charge on any atom is -0.443 e. The summed E-state index contributed by atoms with van der Waals surface area (Å²) in [7, 11) is 0. The van der Waals surface area contributed by atoms with E-state index in [-0.39, 0.29) is 6.61 Å². The number of rotatable bonds is 4. The zero-order valence-corrected chi connectivity index (χ0v) is 12.3. The highest BCUT2D eigenvalue weighted by atomic mass is 35.5. The smallest absolute Gasteiger partial charge is 0.414 e. The van der Waals surface area contributed by atoms with E-state index in [4.69, 9.17) is 21.4 Å². The van der Waals surface area contributed by atoms with Crippen LogP contribution in [0.5, 0.6) is 0 Å². The number of aliphatic hydroxyl groups is 1. The lowest BCUT2D eigenvalue weighted by Crippen LogP contribution is -2.37. The first-order valence-corrected chi connectivity index (χ1v) is 6.58. The van der Waals surface area contributed by atoms with Gasteiger partial charge in [-0.1, -0.05) is 11.6 Å². The maximum absolute atomic E-state index is 12.1. The van der Waals surface area contributed by atoms with E-state index in [0.717, 1.165) is 0 Å². The zero-order valence-electron chi connectivity index (χ0n) is 11.5. The van der Waals surface area contributed by atoms with Crippen molar-refractivity contribution >= 4 is 23.4 Å². The number of nitrogens with zero attached hydrogens (tertiary/aromatic N) is 1. The quantitative estimate of drug-likeness (QED) is 0.921. The summed E-state index contributed by atoms with van der Waals surface area (Å²) in [5.74, 6) is 0. The van der Waals surface area contributed by atoms with Gasteiger partial charge in [0.15, 0.2) is 0 Å². The molecule has 1 aromatic rings. The van der Waals surface area contributed by atoms with Crippen molar-refractivity contribution in [3.05, 3.63) is 29.3 Å². The van der Waals surface area contributed by atoms with Crippen LogP contribution in [-0.2, 0) is 4.74 Å². The Hall–Kier alpha value is -1.26. The van der Waals surface area contributed by atoms with E-state index in [1.165, 1.54) is 4.90 Å². The number of amides is 1. The second-order valence-electron chi connectivity index (χ2n) is 5.19. The van der Waals surface area contributed by atoms with Crippen LogP contribution in [0.2, 0.25) is 5.02 Å². The highest BCUT2D eigenvalue weighted by Crippen LogP contribution is 2.21. The topological polar surface area (TPSA) is 49.8 Å². The summed E-state index contributed by atoms with van der Waals surface area (Å²) in [6.07, 6.45) is 0.0604. The lowest BCUT2D eigenvalue weighted by Gasteiger charge is -2.27. The van der Waals surface area contributed by atoms with E-state index in [1.807, 2.05) is 20.8 Å². The molecule has 19 heavy (non-hydrogen) atoms. The molecule has 0 radical (unpaired) electrons. The first-order chi connectivity index (χ1) is 8.83. The molecule has 106 valence electrons. The minimum absolute atomic E-state index is 0.0207. The summed E-state index contributed by atoms with van der Waals surface area (Å²) in [6.45, 7) is 5.87. The Kier molecular flexibility index (Phi) is 5.63. The molecule has 0 saturated heterocycles. The van der Waals surface area contributed by atoms with Crippen molar-refractivity contribution in [2.45, 2.75) is 32.8 Å². The highest BCUT2D eigenvalue weighted by Gasteiger charge is 2.22. The SMILES string of the molecule is CC(C)(C)OC(=O)N(CCCO)c1ccc(Cl)cc1. The number of aliphatic hydroxyl groups excluding tert-OH is 1. The van der Waals surface area contributed by atoms with Crippen LogP contribution in [0.15, 0.2) is 24.3 Å². The van der Waals surface area contributed by atoms with E-state index in [0.29, 0.717) is 23.7 Å². The second kappa shape index (κ2) is 6.78. The fraction of sp³-hybridized carbons (Fsp3) is 0.500. The van der Waals surface area contributed by atoms with E-state index in [1.54, 1.807) is 24.3 Å². The molecule has 0 aliphatic heterocycles. The molecule has 0 atom stereocenters. The number of benzene rings is 1. The minimum atomic E-state index is -0.555. The first-order valence-electron chi connectivity index (χ1n) is 6.20. The maximum Gasteiger partial charge on any atom is 0.414 e. The van der Waals surface area contributed by atoms with Crippen molar-refractivity contribution < 1.29 is 14.6 Å². The van der Waals surface area contributed by atoms with Crippen molar-refractivity contribution in [3.63, 3.8) is 0 Å². The predicted octanol–water partition coefficient (Wildman–Crippen LogP) is 3.46. The standard InChI is InChI=1S/C14H20ClNO3/c1-14(2,3)19-13(18)16(9-4-10-17)12-7-5-11(15)6-8-12/h5-8,17H,4,9-10H2,1-3H3. The molecule has 4 nitrogen and oxygen atoms in total. The number of carbonyl (C=O) groups excluding carboxylic acids is 1. The summed E-state index contributed by atoms with van der Waals surface area (Å²) in [5, 5.41) is 9.53. The van der Waals surface area contributed by atoms with Crippen LogP contribution in [0.3, 0.4) is 0 Å². The van der Waals surface area contributed by atoms with Gasteiger partial charge in [0.25, 0.3) is 0 Å². The third kappa shape index (κ3) is 5.49. The molecule has 0 heterocycles. The van der Waals surface area contributed by atoms with Gasteiger partial charge in [0, 0.05) is 23.9 Å². The van der Waals surface area contributed by atoms with Gasteiger partial charge in [-0.15, -0.1) is 0 Å². The van der Waals surface area contributed by atoms with Crippen LogP contribution < -0.4 is 4.90 Å². The molecule has 1 amide bonds. The third-order valence-corrected chi connectivity index (χ3v) is 2.54. The molecule has 0 fully saturated rings. The lowest BCUT2D eigenvalue weighted by atomic mass is 10.2. The molecule has 0 spiro atoms. The van der Waals surface area contributed by atoms with Crippen LogP contribution in [0.4, 0.5) is 10.5 Å². The van der Waals surface area contributed by atoms with Gasteiger partial charge in [0.05, 0.1) is 0 Å². The Morgan fingerprint density at radius 3 is 2.37 bits per heavy atom. The van der Waals surface area contributed by atoms with Crippen LogP contribution in [0, 0.1) is 0 Å². The van der Waals surface area contributed by atoms with Crippen LogP contribution >= 0.6 is 11.6 Å². The van der Waals surface area contributed by atoms with Gasteiger partial charge in [-0.25, -0.2) is 4.79 Å². The molecule has 0 aromatic heterocycles. The predicted molar refractivity (Wildman–Crippen MR) is 76.7 cm³/mol. The summed E-state index contributed by atoms with van der Waals surface area (Å²) >= 11 is 5.83. The molecule has 1 aromatic carbocycles. The molecule has 1 rings (SSSR count). The molecule has 1 N–H and O–H groups in total. The van der Waals surface area contributed by atoms with E-state index < -0.39 is 11.7 Å². The second-order valence-corrected chi connectivity index (χ2v) is 5.62. The zero-order chi connectivity index (χ0) is 14.5. The average Bonchev–Trinajstić information content (AvgIpc) is 2.29. The summed E-state index contributed by atoms with van der Waals surface area (Å²) in [4.78, 5) is 13.6. The third-order valence-electron chi connectivity index (χ3n) is 2.29. The molecule has 0 unspecified atom stereocenters. The lowest BCUT2D eigenvalue weighted by molar-refractivity contribution is 0.0578. The maximum atomic E-state index is 12.1. The number of carbonyl (C=O) groups is 1. The average molecular weight is 286 g/mol. The molecule has 0 saturated carbocycles. The van der Waals surface area contributed by atoms with Crippen LogP contribution in [0.25, 0.3) is 0 Å². The highest BCUT2D eigenvalue weighted by molar-refractivity contribution is 6.30. The van der Waals surface area contributed by atoms with Crippen LogP contribution in [0.1, 0.15) is 27.2 Å². The van der Waals surface area contributed by atoms with Gasteiger partial charge >= 0.3 is 6.09 Å². The van der Waals surface area contributed by atoms with Gasteiger partial charge in [-0.2, -0.15) is 0 Å². The van der Waals surface area contributed by atoms with Gasteiger partial charge in [-0.05, 0) is 51.5 Å². The van der Waals surface area contributed by atoms with E-state index in [2.05, 4.69) is 0 Å². The van der Waals surface area contributed by atoms with Gasteiger partial charge in [0.2, 0.25) is 0 Å². The summed E-state index contributed by atoms with van der Waals surface area (Å²) < 4.78 is 5.35. The van der Waals surface area contributed by atoms with Crippen molar-refractivity contribution in [1.82, 2.24) is 0 Å². The van der Waals surface area contributed by atoms with Crippen molar-refractivity contribution in [3.8, 4) is 0 Å². The number of hydrogen-bond acceptors (Lipinski definition) is 3. The fourth-order valence-corrected chi connectivity index (χ4v) is 1.62. The summed E-state index contributed by atoms with van der Waals surface area (Å²) in [6, 6.07) is 6.94. The van der Waals surface area contributed by atoms with Gasteiger partial charge in [0.1, 0.15) is 5.60 Å². The number of ether oxygens (including phenoxy) is 1. The Labute approximate surface area is 118 Å². The molecular weight excluding hydrogens is 266 g/mol. The number of halogens is 1. The Morgan fingerprint density at radius 1 is 1.32 bits per heavy atom. The largest absolute Gasteiger partial charge is 0.443 e. The Bertz CT molecular complexity index is 412. The normalized spacial score (nSPS) is 11.2. The molecule has 5 heteroatoms. The van der Waals surface area contributed by atoms with Crippen molar-refractivity contribution in [2.75, 3.05) is 18.1 Å². The van der Waals surface area contributed by atoms with Gasteiger partial charge < -0.3 is 9.84 Å². The van der Waals surface area contributed by atoms with Crippen molar-refractivity contribution in [1.29, 1.82) is 0 Å². The Balaban J connectivity index is 2.87. The summed E-state index contributed by atoms with van der Waals surface area (Å²) in [5.41, 5.74) is 0.146. The monoisotopic (exact) mass is 285 g/mol. The Morgan fingerprint density at radius 2 is 1.89 bits per heavy atom. The van der Waals surface area contributed by atoms with Gasteiger partial charge in [-0.3, -0.25) is 4.90 Å². The first kappa shape index (κ1) is 15.8. The van der Waals surface area contributed by atoms with E-state index >= 15 is 0 Å². The number of anilines is 1. The van der Waals surface area contributed by atoms with Crippen LogP contribution in [-0.4, -0.2) is 30.0 Å². The number of hydrogen-bond donors (Lipinski definition) is 1. The van der Waals surface area contributed by atoms with Crippen molar-refractivity contribution in [2.24, 2.45) is 0 Å². The fourth-order valence-electron chi connectivity index (χ4n) is 1.49. The molecule has 0 aliphatic rings. The molecular formula is C14H20ClNO3.